The summed E-state index contributed by atoms with van der Waals surface area (Å²) in [5.41, 5.74) is 0.471. The Bertz CT molecular complexity index is 633. The standard InChI is InChI=1S/C13H15BN2O6/c1-16(2)12(18)11(17)15-9-6-7-4-3-5-8(13(19)20)10(7)22-14(9)21/h3-5,9,21H,6H2,1-2H3,(H,15,17)(H,19,20). The number of benzene rings is 1. The van der Waals surface area contributed by atoms with Crippen molar-refractivity contribution in [2.45, 2.75) is 12.4 Å². The monoisotopic (exact) mass is 306 g/mol. The molecule has 0 spiro atoms. The number of fused-ring (bicyclic) bond motifs is 1. The van der Waals surface area contributed by atoms with Crippen molar-refractivity contribution in [3.8, 4) is 5.75 Å². The lowest BCUT2D eigenvalue weighted by molar-refractivity contribution is -0.144. The highest BCUT2D eigenvalue weighted by Crippen LogP contribution is 2.30. The van der Waals surface area contributed by atoms with Crippen LogP contribution in [0.4, 0.5) is 0 Å². The van der Waals surface area contributed by atoms with E-state index in [-0.39, 0.29) is 17.7 Å². The van der Waals surface area contributed by atoms with Crippen LogP contribution in [0, 0.1) is 0 Å². The number of carbonyl (C=O) groups excluding carboxylic acids is 2. The molecule has 2 amide bonds. The number of para-hydroxylation sites is 1. The second-order valence-corrected chi connectivity index (χ2v) is 5.09. The highest BCUT2D eigenvalue weighted by Gasteiger charge is 2.38. The third-order valence-electron chi connectivity index (χ3n) is 3.27. The molecule has 9 heteroatoms. The number of amides is 2. The predicted octanol–water partition coefficient (Wildman–Crippen LogP) is -1.09. The number of carbonyl (C=O) groups is 3. The van der Waals surface area contributed by atoms with Crippen LogP contribution in [0.2, 0.25) is 0 Å². The molecule has 0 fully saturated rings. The molecule has 1 aromatic rings. The van der Waals surface area contributed by atoms with Crippen molar-refractivity contribution in [3.63, 3.8) is 0 Å². The van der Waals surface area contributed by atoms with Crippen LogP contribution in [0.3, 0.4) is 0 Å². The van der Waals surface area contributed by atoms with Gasteiger partial charge in [0.15, 0.2) is 0 Å². The number of nitrogens with zero attached hydrogens (tertiary/aromatic N) is 1. The van der Waals surface area contributed by atoms with Crippen LogP contribution in [0.5, 0.6) is 5.75 Å². The van der Waals surface area contributed by atoms with E-state index in [4.69, 9.17) is 9.76 Å². The Hall–Kier alpha value is -2.55. The zero-order valence-electron chi connectivity index (χ0n) is 12.1. The molecular formula is C13H15BN2O6. The van der Waals surface area contributed by atoms with Gasteiger partial charge >= 0.3 is 24.9 Å². The van der Waals surface area contributed by atoms with Gasteiger partial charge in [-0.15, -0.1) is 0 Å². The second kappa shape index (κ2) is 6.06. The highest BCUT2D eigenvalue weighted by molar-refractivity contribution is 6.48. The molecule has 1 heterocycles. The molecule has 0 bridgehead atoms. The smallest absolute Gasteiger partial charge is 0.534 e. The minimum atomic E-state index is -1.44. The first kappa shape index (κ1) is 15.8. The van der Waals surface area contributed by atoms with Gasteiger partial charge in [0.05, 0.1) is 11.5 Å². The topological polar surface area (TPSA) is 116 Å². The number of aromatic carboxylic acids is 1. The van der Waals surface area contributed by atoms with E-state index in [0.29, 0.717) is 5.56 Å². The number of likely N-dealkylation sites (N-methyl/N-ethyl adjacent to an activating group) is 1. The minimum Gasteiger partial charge on any atom is -0.534 e. The average Bonchev–Trinajstić information content (AvgIpc) is 2.46. The van der Waals surface area contributed by atoms with Gasteiger partial charge in [-0.2, -0.15) is 0 Å². The Morgan fingerprint density at radius 3 is 2.64 bits per heavy atom. The van der Waals surface area contributed by atoms with E-state index >= 15 is 0 Å². The van der Waals surface area contributed by atoms with E-state index in [1.165, 1.54) is 20.2 Å². The highest BCUT2D eigenvalue weighted by atomic mass is 16.5. The maximum Gasteiger partial charge on any atom is 0.547 e. The van der Waals surface area contributed by atoms with Gasteiger partial charge in [0, 0.05) is 14.1 Å². The second-order valence-electron chi connectivity index (χ2n) is 5.09. The molecule has 8 nitrogen and oxygen atoms in total. The van der Waals surface area contributed by atoms with Crippen molar-refractivity contribution in [1.29, 1.82) is 0 Å². The van der Waals surface area contributed by atoms with E-state index in [1.807, 2.05) is 0 Å². The lowest BCUT2D eigenvalue weighted by atomic mass is 9.72. The fourth-order valence-corrected chi connectivity index (χ4v) is 2.15. The van der Waals surface area contributed by atoms with Gasteiger partial charge in [0.2, 0.25) is 0 Å². The van der Waals surface area contributed by atoms with Gasteiger partial charge < -0.3 is 25.0 Å². The Labute approximate surface area is 126 Å². The van der Waals surface area contributed by atoms with Crippen molar-refractivity contribution in [2.24, 2.45) is 0 Å². The van der Waals surface area contributed by atoms with Gasteiger partial charge in [-0.25, -0.2) is 4.79 Å². The summed E-state index contributed by atoms with van der Waals surface area (Å²) in [7, 11) is 1.43. The van der Waals surface area contributed by atoms with Crippen LogP contribution in [-0.4, -0.2) is 60.0 Å². The molecule has 3 N–H and O–H groups in total. The van der Waals surface area contributed by atoms with Crippen LogP contribution in [0.25, 0.3) is 0 Å². The molecule has 116 valence electrons. The third-order valence-corrected chi connectivity index (χ3v) is 3.27. The van der Waals surface area contributed by atoms with Gasteiger partial charge in [0.1, 0.15) is 5.75 Å². The summed E-state index contributed by atoms with van der Waals surface area (Å²) in [6, 6.07) is 4.55. The molecule has 0 saturated carbocycles. The summed E-state index contributed by atoms with van der Waals surface area (Å²) < 4.78 is 5.21. The van der Waals surface area contributed by atoms with E-state index in [2.05, 4.69) is 5.32 Å². The van der Waals surface area contributed by atoms with Crippen LogP contribution in [0.1, 0.15) is 15.9 Å². The Morgan fingerprint density at radius 1 is 1.36 bits per heavy atom. The van der Waals surface area contributed by atoms with Gasteiger partial charge in [-0.05, 0) is 18.1 Å². The Balaban J connectivity index is 2.19. The molecule has 2 rings (SSSR count). The normalized spacial score (nSPS) is 16.3. The van der Waals surface area contributed by atoms with Crippen molar-refractivity contribution in [1.82, 2.24) is 10.2 Å². The number of carboxylic acid groups (broad SMARTS) is 1. The molecule has 1 aromatic carbocycles. The number of rotatable bonds is 2. The van der Waals surface area contributed by atoms with Crippen molar-refractivity contribution in [3.05, 3.63) is 29.3 Å². The van der Waals surface area contributed by atoms with Gasteiger partial charge in [-0.1, -0.05) is 12.1 Å². The molecular weight excluding hydrogens is 291 g/mol. The Kier molecular flexibility index (Phi) is 4.36. The molecule has 0 saturated heterocycles. The zero-order chi connectivity index (χ0) is 16.4. The minimum absolute atomic E-state index is 0.0642. The first-order valence-corrected chi connectivity index (χ1v) is 6.53. The van der Waals surface area contributed by atoms with Crippen molar-refractivity contribution < 1.29 is 29.2 Å². The first-order chi connectivity index (χ1) is 10.3. The fraction of sp³-hybridized carbons (Fsp3) is 0.308. The summed E-state index contributed by atoms with van der Waals surface area (Å²) in [5, 5.41) is 21.4. The van der Waals surface area contributed by atoms with E-state index < -0.39 is 30.8 Å². The van der Waals surface area contributed by atoms with Crippen LogP contribution < -0.4 is 9.97 Å². The molecule has 0 aliphatic carbocycles. The lowest BCUT2D eigenvalue weighted by Gasteiger charge is -2.28. The first-order valence-electron chi connectivity index (χ1n) is 6.53. The maximum atomic E-state index is 11.7. The van der Waals surface area contributed by atoms with E-state index in [0.717, 1.165) is 4.90 Å². The summed E-state index contributed by atoms with van der Waals surface area (Å²) in [4.78, 5) is 35.5. The predicted molar refractivity (Wildman–Crippen MR) is 76.3 cm³/mol. The molecule has 1 aliphatic heterocycles. The lowest BCUT2D eigenvalue weighted by Crippen LogP contribution is -2.55. The summed E-state index contributed by atoms with van der Waals surface area (Å²) in [5.74, 6) is -3.55. The van der Waals surface area contributed by atoms with E-state index in [9.17, 15) is 19.4 Å². The zero-order valence-corrected chi connectivity index (χ0v) is 12.1. The number of nitrogens with one attached hydrogen (secondary N) is 1. The van der Waals surface area contributed by atoms with Crippen molar-refractivity contribution >= 4 is 24.9 Å². The number of carboxylic acids is 1. The largest absolute Gasteiger partial charge is 0.547 e. The van der Waals surface area contributed by atoms with Crippen molar-refractivity contribution in [2.75, 3.05) is 14.1 Å². The average molecular weight is 306 g/mol. The Morgan fingerprint density at radius 2 is 2.05 bits per heavy atom. The molecule has 1 atom stereocenters. The van der Waals surface area contributed by atoms with Crippen LogP contribution in [0.15, 0.2) is 18.2 Å². The van der Waals surface area contributed by atoms with Gasteiger partial charge in [-0.3, -0.25) is 9.59 Å². The summed E-state index contributed by atoms with van der Waals surface area (Å²) in [6.45, 7) is 0. The molecule has 1 unspecified atom stereocenters. The molecule has 0 aromatic heterocycles. The van der Waals surface area contributed by atoms with Crippen LogP contribution in [-0.2, 0) is 16.0 Å². The number of hydrogen-bond donors (Lipinski definition) is 3. The summed E-state index contributed by atoms with van der Waals surface area (Å²) >= 11 is 0. The fourth-order valence-electron chi connectivity index (χ4n) is 2.15. The maximum absolute atomic E-state index is 11.7. The van der Waals surface area contributed by atoms with Crippen LogP contribution >= 0.6 is 0 Å². The molecule has 1 aliphatic rings. The third kappa shape index (κ3) is 3.04. The van der Waals surface area contributed by atoms with Gasteiger partial charge in [0.25, 0.3) is 0 Å². The molecule has 0 radical (unpaired) electrons. The molecule has 22 heavy (non-hydrogen) atoms. The quantitative estimate of drug-likeness (QED) is 0.472. The summed E-state index contributed by atoms with van der Waals surface area (Å²) in [6.07, 6.45) is 0.157. The SMILES string of the molecule is CN(C)C(=O)C(=O)NC1Cc2cccc(C(=O)O)c2OB1O. The van der Waals surface area contributed by atoms with E-state index in [1.54, 1.807) is 12.1 Å². The number of hydrogen-bond acceptors (Lipinski definition) is 5.